The van der Waals surface area contributed by atoms with E-state index in [0.717, 1.165) is 11.1 Å². The smallest absolute Gasteiger partial charge is 0.407 e. The molecule has 0 radical (unpaired) electrons. The topological polar surface area (TPSA) is 105 Å². The molecule has 0 aromatic heterocycles. The maximum absolute atomic E-state index is 12.7. The summed E-state index contributed by atoms with van der Waals surface area (Å²) >= 11 is 0. The highest BCUT2D eigenvalue weighted by Crippen LogP contribution is 2.44. The van der Waals surface area contributed by atoms with Gasteiger partial charge in [0.15, 0.2) is 0 Å². The number of amides is 2. The van der Waals surface area contributed by atoms with Gasteiger partial charge in [0.25, 0.3) is 0 Å². The van der Waals surface area contributed by atoms with Gasteiger partial charge in [0.2, 0.25) is 5.91 Å². The van der Waals surface area contributed by atoms with E-state index in [2.05, 4.69) is 34.9 Å². The van der Waals surface area contributed by atoms with Crippen molar-refractivity contribution in [1.82, 2.24) is 10.6 Å². The molecular weight excluding hydrogens is 444 g/mol. The predicted molar refractivity (Wildman–Crippen MR) is 133 cm³/mol. The van der Waals surface area contributed by atoms with Crippen LogP contribution in [0.5, 0.6) is 0 Å². The molecule has 0 saturated heterocycles. The molecule has 7 heteroatoms. The van der Waals surface area contributed by atoms with Gasteiger partial charge in [-0.05, 0) is 47.4 Å². The van der Waals surface area contributed by atoms with Gasteiger partial charge in [0.05, 0.1) is 6.04 Å². The minimum atomic E-state index is -1.04. The molecule has 2 amide bonds. The Labute approximate surface area is 205 Å². The maximum Gasteiger partial charge on any atom is 0.407 e. The van der Waals surface area contributed by atoms with Crippen molar-refractivity contribution < 1.29 is 24.2 Å². The molecule has 7 nitrogen and oxygen atoms in total. The number of carbonyl (C=O) groups is 3. The lowest BCUT2D eigenvalue weighted by Gasteiger charge is -2.26. The first-order valence-electron chi connectivity index (χ1n) is 12.1. The molecule has 2 aliphatic carbocycles. The lowest BCUT2D eigenvalue weighted by molar-refractivity contribution is -0.143. The summed E-state index contributed by atoms with van der Waals surface area (Å²) in [5, 5.41) is 14.9. The summed E-state index contributed by atoms with van der Waals surface area (Å²) in [7, 11) is 0. The SMILES string of the molecule is CC(C)C[C@@H](NC(=O)C1CC=CC(NC(=O)OCC2c3ccccc3-c3ccccc32)C1)C(=O)O. The van der Waals surface area contributed by atoms with Crippen LogP contribution in [-0.4, -0.2) is 41.8 Å². The maximum atomic E-state index is 12.7. The lowest BCUT2D eigenvalue weighted by Crippen LogP contribution is -2.46. The van der Waals surface area contributed by atoms with Crippen LogP contribution < -0.4 is 10.6 Å². The van der Waals surface area contributed by atoms with Crippen molar-refractivity contribution in [1.29, 1.82) is 0 Å². The number of hydrogen-bond acceptors (Lipinski definition) is 4. The highest BCUT2D eigenvalue weighted by atomic mass is 16.5. The molecular formula is C28H32N2O5. The largest absolute Gasteiger partial charge is 0.480 e. The molecule has 2 unspecified atom stereocenters. The minimum Gasteiger partial charge on any atom is -0.480 e. The molecule has 0 bridgehead atoms. The summed E-state index contributed by atoms with van der Waals surface area (Å²) in [6, 6.07) is 15.0. The highest BCUT2D eigenvalue weighted by Gasteiger charge is 2.31. The number of benzene rings is 2. The Morgan fingerprint density at radius 1 is 1.03 bits per heavy atom. The molecule has 4 rings (SSSR count). The molecule has 0 spiro atoms. The van der Waals surface area contributed by atoms with Gasteiger partial charge in [-0.2, -0.15) is 0 Å². The Kier molecular flexibility index (Phi) is 7.54. The van der Waals surface area contributed by atoms with Crippen molar-refractivity contribution in [2.45, 2.75) is 51.1 Å². The Morgan fingerprint density at radius 2 is 1.66 bits per heavy atom. The van der Waals surface area contributed by atoms with Crippen LogP contribution in [0.15, 0.2) is 60.7 Å². The fourth-order valence-corrected chi connectivity index (χ4v) is 4.98. The van der Waals surface area contributed by atoms with Crippen LogP contribution >= 0.6 is 0 Å². The Morgan fingerprint density at radius 3 is 2.26 bits per heavy atom. The van der Waals surface area contributed by atoms with Crippen LogP contribution in [0.4, 0.5) is 4.79 Å². The molecule has 2 aromatic carbocycles. The van der Waals surface area contributed by atoms with Crippen LogP contribution in [0.25, 0.3) is 11.1 Å². The van der Waals surface area contributed by atoms with Gasteiger partial charge < -0.3 is 20.5 Å². The monoisotopic (exact) mass is 476 g/mol. The number of hydrogen-bond donors (Lipinski definition) is 3. The quantitative estimate of drug-likeness (QED) is 0.488. The first-order chi connectivity index (χ1) is 16.8. The van der Waals surface area contributed by atoms with Crippen molar-refractivity contribution >= 4 is 18.0 Å². The molecule has 2 aromatic rings. The zero-order chi connectivity index (χ0) is 24.9. The van der Waals surface area contributed by atoms with E-state index in [1.54, 1.807) is 0 Å². The third kappa shape index (κ3) is 5.73. The van der Waals surface area contributed by atoms with Gasteiger partial charge >= 0.3 is 12.1 Å². The third-order valence-corrected chi connectivity index (χ3v) is 6.67. The standard InChI is InChI=1S/C28H32N2O5/c1-17(2)14-25(27(32)33)30-26(31)18-8-7-9-19(15-18)29-28(34)35-16-24-22-12-5-3-10-20(22)21-11-4-6-13-23(21)24/h3-7,9-13,17-19,24-25H,8,14-16H2,1-2H3,(H,29,34)(H,30,31)(H,32,33)/t18?,19?,25-/m1/s1. The number of alkyl carbamates (subject to hydrolysis) is 1. The third-order valence-electron chi connectivity index (χ3n) is 6.67. The zero-order valence-electron chi connectivity index (χ0n) is 20.1. The molecule has 0 aliphatic heterocycles. The van der Waals surface area contributed by atoms with Crippen molar-refractivity contribution in [3.05, 3.63) is 71.8 Å². The van der Waals surface area contributed by atoms with E-state index in [9.17, 15) is 19.5 Å². The van der Waals surface area contributed by atoms with Gasteiger partial charge in [0.1, 0.15) is 12.6 Å². The Hall–Kier alpha value is -3.61. The zero-order valence-corrected chi connectivity index (χ0v) is 20.1. The van der Waals surface area contributed by atoms with E-state index in [-0.39, 0.29) is 30.4 Å². The second-order valence-corrected chi connectivity index (χ2v) is 9.70. The van der Waals surface area contributed by atoms with Gasteiger partial charge in [-0.15, -0.1) is 0 Å². The molecule has 2 aliphatic rings. The van der Waals surface area contributed by atoms with Crippen LogP contribution in [0.2, 0.25) is 0 Å². The van der Waals surface area contributed by atoms with Crippen LogP contribution in [-0.2, 0) is 14.3 Å². The number of allylic oxidation sites excluding steroid dienone is 1. The molecule has 35 heavy (non-hydrogen) atoms. The van der Waals surface area contributed by atoms with Crippen molar-refractivity contribution in [3.63, 3.8) is 0 Å². The van der Waals surface area contributed by atoms with Crippen LogP contribution in [0, 0.1) is 11.8 Å². The lowest BCUT2D eigenvalue weighted by atomic mass is 9.90. The number of nitrogens with one attached hydrogen (secondary N) is 2. The molecule has 0 heterocycles. The first kappa shape index (κ1) is 24.5. The Balaban J connectivity index is 1.32. The van der Waals surface area contributed by atoms with E-state index < -0.39 is 24.0 Å². The van der Waals surface area contributed by atoms with E-state index in [1.165, 1.54) is 11.1 Å². The van der Waals surface area contributed by atoms with E-state index >= 15 is 0 Å². The summed E-state index contributed by atoms with van der Waals surface area (Å²) in [6.45, 7) is 4.05. The van der Waals surface area contributed by atoms with Gasteiger partial charge in [-0.1, -0.05) is 74.5 Å². The summed E-state index contributed by atoms with van der Waals surface area (Å²) in [5.41, 5.74) is 4.62. The molecule has 3 N–H and O–H groups in total. The average molecular weight is 477 g/mol. The number of fused-ring (bicyclic) bond motifs is 3. The van der Waals surface area contributed by atoms with Gasteiger partial charge in [-0.3, -0.25) is 4.79 Å². The first-order valence-corrected chi connectivity index (χ1v) is 12.1. The van der Waals surface area contributed by atoms with Gasteiger partial charge in [0, 0.05) is 11.8 Å². The minimum absolute atomic E-state index is 0.0255. The second kappa shape index (κ2) is 10.8. The number of carboxylic acids is 1. The average Bonchev–Trinajstić information content (AvgIpc) is 3.16. The molecule has 3 atom stereocenters. The highest BCUT2D eigenvalue weighted by molar-refractivity contribution is 5.85. The number of rotatable bonds is 8. The molecule has 0 fully saturated rings. The molecule has 0 saturated carbocycles. The van der Waals surface area contributed by atoms with Gasteiger partial charge in [-0.25, -0.2) is 9.59 Å². The molecule has 184 valence electrons. The van der Waals surface area contributed by atoms with Crippen molar-refractivity contribution in [2.24, 2.45) is 11.8 Å². The fourth-order valence-electron chi connectivity index (χ4n) is 4.98. The number of aliphatic carboxylic acids is 1. The Bertz CT molecular complexity index is 1080. The van der Waals surface area contributed by atoms with Crippen molar-refractivity contribution in [2.75, 3.05) is 6.61 Å². The summed E-state index contributed by atoms with van der Waals surface area (Å²) < 4.78 is 5.62. The predicted octanol–water partition coefficient (Wildman–Crippen LogP) is 4.48. The van der Waals surface area contributed by atoms with Crippen LogP contribution in [0.3, 0.4) is 0 Å². The van der Waals surface area contributed by atoms with E-state index in [4.69, 9.17) is 4.74 Å². The van der Waals surface area contributed by atoms with Crippen LogP contribution in [0.1, 0.15) is 50.2 Å². The second-order valence-electron chi connectivity index (χ2n) is 9.70. The summed E-state index contributed by atoms with van der Waals surface area (Å²) in [6.07, 6.45) is 4.42. The number of carbonyl (C=O) groups excluding carboxylic acids is 2. The van der Waals surface area contributed by atoms with E-state index in [1.807, 2.05) is 50.3 Å². The number of carboxylic acid groups (broad SMARTS) is 1. The van der Waals surface area contributed by atoms with E-state index in [0.29, 0.717) is 19.3 Å². The van der Waals surface area contributed by atoms with Crippen molar-refractivity contribution in [3.8, 4) is 11.1 Å². The fraction of sp³-hybridized carbons (Fsp3) is 0.393. The normalized spacial score (nSPS) is 19.5. The summed E-state index contributed by atoms with van der Waals surface area (Å²) in [4.78, 5) is 36.8. The summed E-state index contributed by atoms with van der Waals surface area (Å²) in [5.74, 6) is -1.63. The number of ether oxygens (including phenoxy) is 1.